The fourth-order valence-electron chi connectivity index (χ4n) is 2.64. The average Bonchev–Trinajstić information content (AvgIpc) is 2.44. The molecule has 1 aliphatic rings. The maximum atomic E-state index is 10.9. The summed E-state index contributed by atoms with van der Waals surface area (Å²) in [5, 5.41) is 14.2. The number of rotatable bonds is 4. The fourth-order valence-corrected chi connectivity index (χ4v) is 3.09. The van der Waals surface area contributed by atoms with Crippen LogP contribution in [0.5, 0.6) is 0 Å². The van der Waals surface area contributed by atoms with Gasteiger partial charge in [0.05, 0.1) is 9.40 Å². The maximum Gasteiger partial charge on any atom is 0.291 e. The standard InChI is InChI=1S/C15H14BrN3O2/c1-9-13(19(20)21)8-18-15(14(9)16)17-7-11-6-10-4-2-3-5-12(10)11/h2-5,8,11H,6-7H2,1H3,(H,17,18). The van der Waals surface area contributed by atoms with Gasteiger partial charge >= 0.3 is 0 Å². The van der Waals surface area contributed by atoms with Crippen molar-refractivity contribution in [3.63, 3.8) is 0 Å². The van der Waals surface area contributed by atoms with Gasteiger partial charge in [-0.3, -0.25) is 10.1 Å². The Kier molecular flexibility index (Phi) is 3.63. The van der Waals surface area contributed by atoms with Crippen molar-refractivity contribution in [2.24, 2.45) is 0 Å². The van der Waals surface area contributed by atoms with E-state index in [-0.39, 0.29) is 5.69 Å². The lowest BCUT2D eigenvalue weighted by Crippen LogP contribution is -2.24. The third kappa shape index (κ3) is 2.51. The molecule has 21 heavy (non-hydrogen) atoms. The van der Waals surface area contributed by atoms with Crippen LogP contribution in [0.4, 0.5) is 11.5 Å². The largest absolute Gasteiger partial charge is 0.368 e. The number of pyridine rings is 1. The van der Waals surface area contributed by atoms with E-state index in [1.165, 1.54) is 17.3 Å². The molecule has 6 heteroatoms. The van der Waals surface area contributed by atoms with E-state index in [2.05, 4.69) is 50.5 Å². The van der Waals surface area contributed by atoms with Crippen LogP contribution in [0.2, 0.25) is 0 Å². The summed E-state index contributed by atoms with van der Waals surface area (Å²) in [6, 6.07) is 8.40. The van der Waals surface area contributed by atoms with Gasteiger partial charge in [0, 0.05) is 18.0 Å². The lowest BCUT2D eigenvalue weighted by Gasteiger charge is -2.30. The van der Waals surface area contributed by atoms with Crippen LogP contribution in [0, 0.1) is 17.0 Å². The summed E-state index contributed by atoms with van der Waals surface area (Å²) < 4.78 is 0.657. The van der Waals surface area contributed by atoms with E-state index < -0.39 is 4.92 Å². The number of aromatic nitrogens is 1. The summed E-state index contributed by atoms with van der Waals surface area (Å²) in [5.74, 6) is 1.13. The highest BCUT2D eigenvalue weighted by atomic mass is 79.9. The first-order valence-corrected chi connectivity index (χ1v) is 7.48. The smallest absolute Gasteiger partial charge is 0.291 e. The van der Waals surface area contributed by atoms with Gasteiger partial charge in [0.15, 0.2) is 0 Å². The average molecular weight is 348 g/mol. The van der Waals surface area contributed by atoms with Crippen LogP contribution in [0.25, 0.3) is 0 Å². The number of halogens is 1. The zero-order valence-electron chi connectivity index (χ0n) is 11.5. The Hall–Kier alpha value is -1.95. The molecule has 2 aromatic rings. The lowest BCUT2D eigenvalue weighted by molar-refractivity contribution is -0.385. The highest BCUT2D eigenvalue weighted by molar-refractivity contribution is 9.10. The van der Waals surface area contributed by atoms with E-state index in [1.807, 2.05) is 0 Å². The molecule has 1 N–H and O–H groups in total. The number of fused-ring (bicyclic) bond motifs is 1. The number of benzene rings is 1. The van der Waals surface area contributed by atoms with Gasteiger partial charge in [-0.15, -0.1) is 0 Å². The SMILES string of the molecule is Cc1c([N+](=O)[O-])cnc(NCC2Cc3ccccc32)c1Br. The second-order valence-corrected chi connectivity index (χ2v) is 5.96. The number of nitrogens with one attached hydrogen (secondary N) is 1. The lowest BCUT2D eigenvalue weighted by atomic mass is 9.77. The van der Waals surface area contributed by atoms with E-state index >= 15 is 0 Å². The van der Waals surface area contributed by atoms with Crippen LogP contribution < -0.4 is 5.32 Å². The van der Waals surface area contributed by atoms with E-state index in [1.54, 1.807) is 6.92 Å². The normalized spacial score (nSPS) is 16.0. The van der Waals surface area contributed by atoms with Gasteiger partial charge in [0.2, 0.25) is 0 Å². The zero-order valence-corrected chi connectivity index (χ0v) is 13.1. The molecule has 0 saturated carbocycles. The minimum absolute atomic E-state index is 0.0291. The van der Waals surface area contributed by atoms with Crippen molar-refractivity contribution in [2.75, 3.05) is 11.9 Å². The molecule has 5 nitrogen and oxygen atoms in total. The Morgan fingerprint density at radius 2 is 2.24 bits per heavy atom. The van der Waals surface area contributed by atoms with Crippen LogP contribution in [0.3, 0.4) is 0 Å². The number of nitro groups is 1. The predicted octanol–water partition coefficient (Wildman–Crippen LogP) is 3.81. The number of hydrogen-bond donors (Lipinski definition) is 1. The fraction of sp³-hybridized carbons (Fsp3) is 0.267. The van der Waals surface area contributed by atoms with E-state index in [9.17, 15) is 10.1 Å². The molecule has 0 bridgehead atoms. The van der Waals surface area contributed by atoms with Crippen LogP contribution >= 0.6 is 15.9 Å². The second kappa shape index (κ2) is 5.44. The van der Waals surface area contributed by atoms with Gasteiger partial charge in [0.25, 0.3) is 5.69 Å². The molecular weight excluding hydrogens is 334 g/mol. The first kappa shape index (κ1) is 14.0. The van der Waals surface area contributed by atoms with E-state index in [4.69, 9.17) is 0 Å². The number of anilines is 1. The van der Waals surface area contributed by atoms with Gasteiger partial charge in [-0.1, -0.05) is 24.3 Å². The summed E-state index contributed by atoms with van der Waals surface area (Å²) in [7, 11) is 0. The third-order valence-corrected chi connectivity index (χ3v) is 4.88. The molecule has 3 rings (SSSR count). The number of nitrogens with zero attached hydrogens (tertiary/aromatic N) is 2. The van der Waals surface area contributed by atoms with Crippen molar-refractivity contribution in [3.8, 4) is 0 Å². The molecule has 1 aliphatic carbocycles. The summed E-state index contributed by atoms with van der Waals surface area (Å²) >= 11 is 3.39. The van der Waals surface area contributed by atoms with Crippen molar-refractivity contribution < 1.29 is 4.92 Å². The molecule has 0 fully saturated rings. The van der Waals surface area contributed by atoms with Crippen LogP contribution in [0.1, 0.15) is 22.6 Å². The molecule has 1 atom stereocenters. The predicted molar refractivity (Wildman–Crippen MR) is 84.7 cm³/mol. The van der Waals surface area contributed by atoms with Gasteiger partial charge in [-0.25, -0.2) is 4.98 Å². The molecule has 0 aliphatic heterocycles. The van der Waals surface area contributed by atoms with Crippen LogP contribution in [-0.2, 0) is 6.42 Å². The van der Waals surface area contributed by atoms with Crippen molar-refractivity contribution in [2.45, 2.75) is 19.3 Å². The van der Waals surface area contributed by atoms with Gasteiger partial charge in [0.1, 0.15) is 12.0 Å². The van der Waals surface area contributed by atoms with E-state index in [0.29, 0.717) is 21.8 Å². The minimum atomic E-state index is -0.418. The molecule has 1 unspecified atom stereocenters. The Labute approximate surface area is 130 Å². The monoisotopic (exact) mass is 347 g/mol. The summed E-state index contributed by atoms with van der Waals surface area (Å²) in [5.41, 5.74) is 3.39. The highest BCUT2D eigenvalue weighted by Gasteiger charge is 2.25. The topological polar surface area (TPSA) is 68.1 Å². The number of hydrogen-bond acceptors (Lipinski definition) is 4. The summed E-state index contributed by atoms with van der Waals surface area (Å²) in [6.07, 6.45) is 2.36. The molecule has 0 amide bonds. The second-order valence-electron chi connectivity index (χ2n) is 5.17. The Bertz CT molecular complexity index is 718. The molecule has 1 aromatic carbocycles. The molecule has 0 radical (unpaired) electrons. The van der Waals surface area contributed by atoms with Crippen molar-refractivity contribution >= 4 is 27.4 Å². The summed E-state index contributed by atoms with van der Waals surface area (Å²) in [6.45, 7) is 2.49. The van der Waals surface area contributed by atoms with Gasteiger partial charge in [-0.2, -0.15) is 0 Å². The molecule has 1 heterocycles. The Balaban J connectivity index is 1.73. The molecule has 108 valence electrons. The summed E-state index contributed by atoms with van der Waals surface area (Å²) in [4.78, 5) is 14.6. The van der Waals surface area contributed by atoms with Crippen molar-refractivity contribution in [3.05, 3.63) is 61.7 Å². The minimum Gasteiger partial charge on any atom is -0.368 e. The highest BCUT2D eigenvalue weighted by Crippen LogP contribution is 2.36. The quantitative estimate of drug-likeness (QED) is 0.674. The van der Waals surface area contributed by atoms with Gasteiger partial charge in [-0.05, 0) is 40.4 Å². The molecule has 0 saturated heterocycles. The zero-order chi connectivity index (χ0) is 15.0. The third-order valence-electron chi connectivity index (χ3n) is 3.91. The first-order chi connectivity index (χ1) is 10.1. The van der Waals surface area contributed by atoms with Crippen LogP contribution in [-0.4, -0.2) is 16.5 Å². The van der Waals surface area contributed by atoms with Crippen molar-refractivity contribution in [1.82, 2.24) is 4.98 Å². The molecule has 1 aromatic heterocycles. The Morgan fingerprint density at radius 3 is 2.95 bits per heavy atom. The maximum absolute atomic E-state index is 10.9. The van der Waals surface area contributed by atoms with Gasteiger partial charge < -0.3 is 5.32 Å². The molecular formula is C15H14BrN3O2. The van der Waals surface area contributed by atoms with Crippen molar-refractivity contribution in [1.29, 1.82) is 0 Å². The molecule has 0 spiro atoms. The Morgan fingerprint density at radius 1 is 1.48 bits per heavy atom. The van der Waals surface area contributed by atoms with E-state index in [0.717, 1.165) is 13.0 Å². The van der Waals surface area contributed by atoms with Crippen LogP contribution in [0.15, 0.2) is 34.9 Å². The first-order valence-electron chi connectivity index (χ1n) is 6.69.